The molecule has 1 fully saturated rings. The van der Waals surface area contributed by atoms with Crippen molar-refractivity contribution in [3.05, 3.63) is 80.8 Å². The Kier molecular flexibility index (Phi) is 5.82. The van der Waals surface area contributed by atoms with E-state index in [9.17, 15) is 4.79 Å². The minimum Gasteiger partial charge on any atom is -0.331 e. The van der Waals surface area contributed by atoms with Gasteiger partial charge < -0.3 is 14.8 Å². The summed E-state index contributed by atoms with van der Waals surface area (Å²) >= 11 is 12.2. The number of fused-ring (bicyclic) bond motifs is 1. The van der Waals surface area contributed by atoms with E-state index in [1.165, 1.54) is 11.1 Å². The fraction of sp³-hybridized carbons (Fsp3) is 0.375. The van der Waals surface area contributed by atoms with Crippen LogP contribution in [0.3, 0.4) is 0 Å². The lowest BCUT2D eigenvalue weighted by Crippen LogP contribution is -2.41. The number of carbonyl (C=O) groups excluding carboxylic acids is 1. The Hall–Kier alpha value is -2.57. The predicted octanol–water partition coefficient (Wildman–Crippen LogP) is 5.48. The van der Waals surface area contributed by atoms with Gasteiger partial charge in [0.25, 0.3) is 0 Å². The quantitative estimate of drug-likeness (QED) is 0.550. The second-order valence-corrected chi connectivity index (χ2v) is 9.43. The Morgan fingerprint density at radius 2 is 1.88 bits per heavy atom. The summed E-state index contributed by atoms with van der Waals surface area (Å²) in [7, 11) is 0. The first-order chi connectivity index (χ1) is 15.5. The highest BCUT2D eigenvalue weighted by atomic mass is 35.5. The minimum atomic E-state index is -0.0883. The molecule has 0 radical (unpaired) electrons. The highest BCUT2D eigenvalue weighted by Crippen LogP contribution is 2.35. The molecule has 6 nitrogen and oxygen atoms in total. The van der Waals surface area contributed by atoms with Crippen LogP contribution in [-0.4, -0.2) is 32.2 Å². The maximum absolute atomic E-state index is 13.3. The number of nitrogens with one attached hydrogen (secondary N) is 1. The molecule has 5 rings (SSSR count). The number of nitrogens with zero attached hydrogens (tertiary/aromatic N) is 4. The van der Waals surface area contributed by atoms with Crippen LogP contribution in [-0.2, 0) is 13.0 Å². The van der Waals surface area contributed by atoms with Crippen LogP contribution in [0, 0.1) is 6.92 Å². The minimum absolute atomic E-state index is 0.0182. The first kappa shape index (κ1) is 21.3. The molecule has 32 heavy (non-hydrogen) atoms. The second-order valence-electron chi connectivity index (χ2n) is 8.55. The number of urea groups is 1. The van der Waals surface area contributed by atoms with Gasteiger partial charge in [0.15, 0.2) is 5.82 Å². The molecule has 8 heteroatoms. The SMILES string of the molecule is Cc1nnc([C@H]2CCCN2C(=O)N[C@@H]2CCc3cc(Cl)ccc32)n1Cc1ccc(Cl)cc1. The first-order valence-corrected chi connectivity index (χ1v) is 11.7. The lowest BCUT2D eigenvalue weighted by atomic mass is 10.1. The van der Waals surface area contributed by atoms with E-state index in [0.29, 0.717) is 18.1 Å². The van der Waals surface area contributed by atoms with Crippen LogP contribution in [0.4, 0.5) is 4.79 Å². The van der Waals surface area contributed by atoms with Gasteiger partial charge >= 0.3 is 6.03 Å². The number of carbonyl (C=O) groups is 1. The molecule has 0 spiro atoms. The zero-order chi connectivity index (χ0) is 22.2. The molecule has 1 aromatic heterocycles. The van der Waals surface area contributed by atoms with Crippen LogP contribution in [0.5, 0.6) is 0 Å². The van der Waals surface area contributed by atoms with Crippen LogP contribution >= 0.6 is 23.2 Å². The van der Waals surface area contributed by atoms with Gasteiger partial charge in [0.1, 0.15) is 5.82 Å². The zero-order valence-corrected chi connectivity index (χ0v) is 19.4. The topological polar surface area (TPSA) is 63.1 Å². The number of halogens is 2. The van der Waals surface area contributed by atoms with E-state index < -0.39 is 0 Å². The molecule has 1 N–H and O–H groups in total. The van der Waals surface area contributed by atoms with Crippen LogP contribution in [0.15, 0.2) is 42.5 Å². The number of likely N-dealkylation sites (tertiary alicyclic amines) is 1. The summed E-state index contributed by atoms with van der Waals surface area (Å²) in [5.74, 6) is 1.67. The third kappa shape index (κ3) is 4.09. The van der Waals surface area contributed by atoms with Gasteiger partial charge in [-0.1, -0.05) is 41.4 Å². The number of aromatic nitrogens is 3. The molecule has 2 heterocycles. The fourth-order valence-corrected chi connectivity index (χ4v) is 5.18. The number of aryl methyl sites for hydroxylation is 2. The number of rotatable bonds is 4. The molecule has 2 aliphatic rings. The molecule has 1 saturated heterocycles. The van der Waals surface area contributed by atoms with Crippen molar-refractivity contribution in [2.75, 3.05) is 6.54 Å². The number of hydrogen-bond acceptors (Lipinski definition) is 3. The molecule has 166 valence electrons. The highest BCUT2D eigenvalue weighted by Gasteiger charge is 2.35. The molecule has 0 bridgehead atoms. The average molecular weight is 470 g/mol. The van der Waals surface area contributed by atoms with Crippen LogP contribution in [0.1, 0.15) is 59.7 Å². The molecule has 1 aliphatic heterocycles. The monoisotopic (exact) mass is 469 g/mol. The summed E-state index contributed by atoms with van der Waals surface area (Å²) in [5, 5.41) is 13.5. The summed E-state index contributed by atoms with van der Waals surface area (Å²) in [6.45, 7) is 3.31. The van der Waals surface area contributed by atoms with Crippen molar-refractivity contribution in [2.45, 2.75) is 51.2 Å². The average Bonchev–Trinajstić information content (AvgIpc) is 3.49. The van der Waals surface area contributed by atoms with Crippen molar-refractivity contribution in [2.24, 2.45) is 0 Å². The summed E-state index contributed by atoms with van der Waals surface area (Å²) in [4.78, 5) is 15.2. The van der Waals surface area contributed by atoms with Crippen molar-refractivity contribution in [1.82, 2.24) is 25.0 Å². The Bertz CT molecular complexity index is 1140. The lowest BCUT2D eigenvalue weighted by molar-refractivity contribution is 0.185. The number of benzene rings is 2. The standard InChI is InChI=1S/C24H25Cl2N5O/c1-15-28-29-23(31(15)14-16-4-7-18(25)8-5-16)22-3-2-12-30(22)24(32)27-21-11-6-17-13-19(26)9-10-20(17)21/h4-5,7-10,13,21-22H,2-3,6,11-12,14H2,1H3,(H,27,32)/t21-,22-/m1/s1. The third-order valence-corrected chi connectivity index (χ3v) is 7.00. The molecule has 0 unspecified atom stereocenters. The molecular formula is C24H25Cl2N5O. The molecule has 2 aromatic carbocycles. The summed E-state index contributed by atoms with van der Waals surface area (Å²) in [5.41, 5.74) is 3.51. The van der Waals surface area contributed by atoms with Crippen LogP contribution in [0.2, 0.25) is 10.0 Å². The maximum atomic E-state index is 13.3. The van der Waals surface area contributed by atoms with Crippen molar-refractivity contribution in [3.63, 3.8) is 0 Å². The van der Waals surface area contributed by atoms with E-state index in [2.05, 4.69) is 20.1 Å². The summed E-state index contributed by atoms with van der Waals surface area (Å²) in [6.07, 6.45) is 3.65. The van der Waals surface area contributed by atoms with Gasteiger partial charge in [0, 0.05) is 16.6 Å². The van der Waals surface area contributed by atoms with Gasteiger partial charge in [-0.2, -0.15) is 0 Å². The van der Waals surface area contributed by atoms with Crippen molar-refractivity contribution >= 4 is 29.2 Å². The molecule has 3 aromatic rings. The van der Waals surface area contributed by atoms with Gasteiger partial charge in [-0.3, -0.25) is 0 Å². The first-order valence-electron chi connectivity index (χ1n) is 11.0. The summed E-state index contributed by atoms with van der Waals surface area (Å²) in [6, 6.07) is 13.6. The Labute approximate surface area is 197 Å². The normalized spacial score (nSPS) is 19.9. The highest BCUT2D eigenvalue weighted by molar-refractivity contribution is 6.30. The Morgan fingerprint density at radius 1 is 1.09 bits per heavy atom. The lowest BCUT2D eigenvalue weighted by Gasteiger charge is -2.27. The largest absolute Gasteiger partial charge is 0.331 e. The van der Waals surface area contributed by atoms with E-state index in [0.717, 1.165) is 47.9 Å². The van der Waals surface area contributed by atoms with E-state index in [1.54, 1.807) is 0 Å². The van der Waals surface area contributed by atoms with Gasteiger partial charge in [0.2, 0.25) is 0 Å². The van der Waals surface area contributed by atoms with Crippen LogP contribution < -0.4 is 5.32 Å². The Balaban J connectivity index is 1.34. The predicted molar refractivity (Wildman–Crippen MR) is 125 cm³/mol. The Morgan fingerprint density at radius 3 is 2.69 bits per heavy atom. The fourth-order valence-electron chi connectivity index (χ4n) is 4.86. The van der Waals surface area contributed by atoms with Crippen LogP contribution in [0.25, 0.3) is 0 Å². The molecule has 0 saturated carbocycles. The maximum Gasteiger partial charge on any atom is 0.318 e. The van der Waals surface area contributed by atoms with E-state index in [-0.39, 0.29) is 18.1 Å². The van der Waals surface area contributed by atoms with E-state index in [4.69, 9.17) is 23.2 Å². The van der Waals surface area contributed by atoms with Gasteiger partial charge in [-0.15, -0.1) is 10.2 Å². The van der Waals surface area contributed by atoms with Gasteiger partial charge in [-0.05, 0) is 73.6 Å². The molecular weight excluding hydrogens is 445 g/mol. The zero-order valence-electron chi connectivity index (χ0n) is 17.9. The smallest absolute Gasteiger partial charge is 0.318 e. The molecule has 2 amide bonds. The molecule has 1 aliphatic carbocycles. The third-order valence-electron chi connectivity index (χ3n) is 6.51. The summed E-state index contributed by atoms with van der Waals surface area (Å²) < 4.78 is 2.10. The van der Waals surface area contributed by atoms with Crippen molar-refractivity contribution in [1.29, 1.82) is 0 Å². The number of amides is 2. The van der Waals surface area contributed by atoms with Crippen molar-refractivity contribution in [3.8, 4) is 0 Å². The van der Waals surface area contributed by atoms with Gasteiger partial charge in [0.05, 0.1) is 18.6 Å². The van der Waals surface area contributed by atoms with E-state index in [1.807, 2.05) is 54.3 Å². The van der Waals surface area contributed by atoms with E-state index >= 15 is 0 Å². The number of hydrogen-bond donors (Lipinski definition) is 1. The van der Waals surface area contributed by atoms with Gasteiger partial charge in [-0.25, -0.2) is 4.79 Å². The second kappa shape index (κ2) is 8.75. The van der Waals surface area contributed by atoms with Crippen molar-refractivity contribution < 1.29 is 4.79 Å². The molecule has 2 atom stereocenters.